The summed E-state index contributed by atoms with van der Waals surface area (Å²) < 4.78 is 34.4. The molecule has 2 fully saturated rings. The molecule has 1 aliphatic carbocycles. The molecule has 2 amide bonds. The van der Waals surface area contributed by atoms with Crippen LogP contribution in [-0.2, 0) is 14.4 Å². The summed E-state index contributed by atoms with van der Waals surface area (Å²) in [7, 11) is 0. The highest BCUT2D eigenvalue weighted by molar-refractivity contribution is 6.16. The fraction of sp³-hybridized carbons (Fsp3) is 0.250. The maximum Gasteiger partial charge on any atom is 0.240 e. The lowest BCUT2D eigenvalue weighted by Gasteiger charge is -2.31. The summed E-state index contributed by atoms with van der Waals surface area (Å²) in [6, 6.07) is 16.8. The van der Waals surface area contributed by atoms with Gasteiger partial charge >= 0.3 is 0 Å². The average Bonchev–Trinajstić information content (AvgIpc) is 3.82. The number of anilines is 3. The SMILES string of the molecule is O=CC1CCN(c2cc3nccc(Oc4ccc(NC(=O)C5(C(=O)Nc6ccc(F)cc6)CC5)cc4)c3cc2F)CC1. The molecule has 6 rings (SSSR count). The quantitative estimate of drug-likeness (QED) is 0.197. The molecule has 2 N–H and O–H groups in total. The van der Waals surface area contributed by atoms with E-state index in [1.165, 1.54) is 30.3 Å². The van der Waals surface area contributed by atoms with Crippen LogP contribution in [0.15, 0.2) is 72.9 Å². The number of halogens is 2. The number of amides is 2. The number of carbonyl (C=O) groups excluding carboxylic acids is 3. The van der Waals surface area contributed by atoms with E-state index in [4.69, 9.17) is 4.74 Å². The molecule has 4 aromatic rings. The van der Waals surface area contributed by atoms with Crippen LogP contribution < -0.4 is 20.3 Å². The van der Waals surface area contributed by atoms with Crippen LogP contribution >= 0.6 is 0 Å². The Morgan fingerprint density at radius 1 is 0.905 bits per heavy atom. The molecule has 1 saturated carbocycles. The third kappa shape index (κ3) is 5.52. The van der Waals surface area contributed by atoms with Crippen molar-refractivity contribution in [1.29, 1.82) is 0 Å². The monoisotopic (exact) mass is 570 g/mol. The van der Waals surface area contributed by atoms with Crippen LogP contribution in [0.2, 0.25) is 0 Å². The minimum Gasteiger partial charge on any atom is -0.457 e. The van der Waals surface area contributed by atoms with Gasteiger partial charge in [0, 0.05) is 42.0 Å². The second kappa shape index (κ2) is 11.2. The third-order valence-corrected chi connectivity index (χ3v) is 7.90. The van der Waals surface area contributed by atoms with E-state index in [1.807, 2.05) is 4.90 Å². The lowest BCUT2D eigenvalue weighted by atomic mass is 9.98. The van der Waals surface area contributed by atoms with Gasteiger partial charge in [0.05, 0.1) is 11.2 Å². The van der Waals surface area contributed by atoms with Gasteiger partial charge in [-0.1, -0.05) is 0 Å². The summed E-state index contributed by atoms with van der Waals surface area (Å²) in [5.41, 5.74) is 0.769. The van der Waals surface area contributed by atoms with E-state index < -0.39 is 23.0 Å². The first-order valence-corrected chi connectivity index (χ1v) is 13.8. The van der Waals surface area contributed by atoms with Gasteiger partial charge in [-0.2, -0.15) is 0 Å². The topological polar surface area (TPSA) is 101 Å². The van der Waals surface area contributed by atoms with Gasteiger partial charge in [-0.15, -0.1) is 0 Å². The zero-order valence-corrected chi connectivity index (χ0v) is 22.6. The van der Waals surface area contributed by atoms with Crippen LogP contribution in [0.25, 0.3) is 10.9 Å². The van der Waals surface area contributed by atoms with E-state index >= 15 is 4.39 Å². The maximum absolute atomic E-state index is 15.2. The van der Waals surface area contributed by atoms with Crippen LogP contribution in [0, 0.1) is 23.0 Å². The molecule has 1 saturated heterocycles. The van der Waals surface area contributed by atoms with Gasteiger partial charge in [0.25, 0.3) is 0 Å². The Morgan fingerprint density at radius 2 is 1.52 bits per heavy atom. The van der Waals surface area contributed by atoms with Gasteiger partial charge in [0.2, 0.25) is 11.8 Å². The summed E-state index contributed by atoms with van der Waals surface area (Å²) in [6.45, 7) is 1.20. The van der Waals surface area contributed by atoms with Crippen molar-refractivity contribution in [3.8, 4) is 11.5 Å². The number of benzene rings is 3. The number of carbonyl (C=O) groups is 3. The van der Waals surface area contributed by atoms with E-state index in [2.05, 4.69) is 15.6 Å². The van der Waals surface area contributed by atoms with E-state index in [-0.39, 0.29) is 11.7 Å². The fourth-order valence-electron chi connectivity index (χ4n) is 5.19. The van der Waals surface area contributed by atoms with Crippen LogP contribution in [0.1, 0.15) is 25.7 Å². The van der Waals surface area contributed by atoms with Gasteiger partial charge in [-0.05, 0) is 92.4 Å². The van der Waals surface area contributed by atoms with E-state index in [0.29, 0.717) is 78.2 Å². The predicted octanol–water partition coefficient (Wildman–Crippen LogP) is 6.08. The van der Waals surface area contributed by atoms with E-state index in [0.717, 1.165) is 6.29 Å². The van der Waals surface area contributed by atoms with Crippen molar-refractivity contribution in [1.82, 2.24) is 4.98 Å². The molecule has 42 heavy (non-hydrogen) atoms. The summed E-state index contributed by atoms with van der Waals surface area (Å²) in [6.07, 6.45) is 4.78. The zero-order chi connectivity index (χ0) is 29.3. The molecular formula is C32H28F2N4O4. The Morgan fingerprint density at radius 3 is 2.12 bits per heavy atom. The van der Waals surface area contributed by atoms with E-state index in [1.54, 1.807) is 42.6 Å². The smallest absolute Gasteiger partial charge is 0.240 e. The molecule has 1 aliphatic heterocycles. The molecule has 0 unspecified atom stereocenters. The first kappa shape index (κ1) is 27.3. The number of hydrogen-bond donors (Lipinski definition) is 2. The number of nitrogens with zero attached hydrogens (tertiary/aromatic N) is 2. The molecule has 10 heteroatoms. The van der Waals surface area contributed by atoms with Crippen molar-refractivity contribution in [2.45, 2.75) is 25.7 Å². The van der Waals surface area contributed by atoms with Crippen molar-refractivity contribution >= 4 is 46.1 Å². The van der Waals surface area contributed by atoms with Gasteiger partial charge in [0.15, 0.2) is 0 Å². The van der Waals surface area contributed by atoms with Gasteiger partial charge in [-0.3, -0.25) is 14.6 Å². The molecule has 3 aromatic carbocycles. The largest absolute Gasteiger partial charge is 0.457 e. The highest BCUT2D eigenvalue weighted by atomic mass is 19.1. The van der Waals surface area contributed by atoms with Crippen LogP contribution in [-0.4, -0.2) is 36.2 Å². The Kier molecular flexibility index (Phi) is 7.28. The number of aromatic nitrogens is 1. The average molecular weight is 571 g/mol. The predicted molar refractivity (Wildman–Crippen MR) is 155 cm³/mol. The number of nitrogens with one attached hydrogen (secondary N) is 2. The standard InChI is InChI=1S/C32H28F2N4O4/c33-21-1-3-22(4-2-21)36-30(40)32(12-13-32)31(41)37-23-5-7-24(8-6-23)42-29-9-14-35-27-18-28(26(34)17-25(27)29)38-15-10-20(19-39)11-16-38/h1-9,14,17-20H,10-13,15-16H2,(H,36,40)(H,37,41). The summed E-state index contributed by atoms with van der Waals surface area (Å²) in [4.78, 5) is 43.2. The molecule has 0 atom stereocenters. The van der Waals surface area contributed by atoms with Crippen molar-refractivity contribution in [3.63, 3.8) is 0 Å². The van der Waals surface area contributed by atoms with Crippen LogP contribution in [0.5, 0.6) is 11.5 Å². The minimum atomic E-state index is -1.17. The molecule has 0 bridgehead atoms. The number of ether oxygens (including phenoxy) is 1. The molecule has 1 aromatic heterocycles. The molecule has 0 spiro atoms. The highest BCUT2D eigenvalue weighted by Gasteiger charge is 2.56. The summed E-state index contributed by atoms with van der Waals surface area (Å²) >= 11 is 0. The number of rotatable bonds is 8. The maximum atomic E-state index is 15.2. The number of fused-ring (bicyclic) bond motifs is 1. The summed E-state index contributed by atoms with van der Waals surface area (Å²) in [5, 5.41) is 6.00. The van der Waals surface area contributed by atoms with Crippen molar-refractivity contribution in [2.75, 3.05) is 28.6 Å². The number of hydrogen-bond acceptors (Lipinski definition) is 6. The van der Waals surface area contributed by atoms with Crippen molar-refractivity contribution in [2.24, 2.45) is 11.3 Å². The van der Waals surface area contributed by atoms with Gasteiger partial charge in [0.1, 0.15) is 34.8 Å². The second-order valence-corrected chi connectivity index (χ2v) is 10.7. The Labute approximate surface area is 240 Å². The Balaban J connectivity index is 1.12. The van der Waals surface area contributed by atoms with E-state index in [9.17, 15) is 18.8 Å². The van der Waals surface area contributed by atoms with Crippen molar-refractivity contribution < 1.29 is 27.9 Å². The zero-order valence-electron chi connectivity index (χ0n) is 22.6. The Bertz CT molecular complexity index is 1650. The normalized spacial score (nSPS) is 16.1. The molecule has 2 heterocycles. The van der Waals surface area contributed by atoms with Gasteiger partial charge in [-0.25, -0.2) is 8.78 Å². The number of pyridine rings is 1. The highest BCUT2D eigenvalue weighted by Crippen LogP contribution is 2.47. The fourth-order valence-corrected chi connectivity index (χ4v) is 5.19. The van der Waals surface area contributed by atoms with Crippen molar-refractivity contribution in [3.05, 3.63) is 84.6 Å². The molecule has 0 radical (unpaired) electrons. The molecule has 2 aliphatic rings. The molecular weight excluding hydrogens is 542 g/mol. The first-order chi connectivity index (χ1) is 20.3. The number of piperidine rings is 1. The van der Waals surface area contributed by atoms with Crippen LogP contribution in [0.4, 0.5) is 25.8 Å². The van der Waals surface area contributed by atoms with Crippen LogP contribution in [0.3, 0.4) is 0 Å². The van der Waals surface area contributed by atoms with Gasteiger partial charge < -0.3 is 25.1 Å². The lowest BCUT2D eigenvalue weighted by molar-refractivity contribution is -0.131. The second-order valence-electron chi connectivity index (χ2n) is 10.7. The minimum absolute atomic E-state index is 0.0183. The molecule has 214 valence electrons. The Hall–Kier alpha value is -4.86. The first-order valence-electron chi connectivity index (χ1n) is 13.8. The lowest BCUT2D eigenvalue weighted by Crippen LogP contribution is -2.35. The number of aldehydes is 1. The molecule has 8 nitrogen and oxygen atoms in total. The summed E-state index contributed by atoms with van der Waals surface area (Å²) in [5.74, 6) is -0.742. The third-order valence-electron chi connectivity index (χ3n) is 7.90.